The largest absolute Gasteiger partial charge is 0.462 e. The number of anilines is 2. The summed E-state index contributed by atoms with van der Waals surface area (Å²) in [7, 11) is 2.12. The summed E-state index contributed by atoms with van der Waals surface area (Å²) in [5.74, 6) is 0.577. The third-order valence-electron chi connectivity index (χ3n) is 9.33. The normalized spacial score (nSPS) is 24.8. The van der Waals surface area contributed by atoms with Crippen LogP contribution in [0.2, 0.25) is 0 Å². The van der Waals surface area contributed by atoms with Crippen molar-refractivity contribution in [2.75, 3.05) is 56.2 Å². The Hall–Kier alpha value is -3.45. The number of aryl methyl sites for hydroxylation is 1. The lowest BCUT2D eigenvalue weighted by molar-refractivity contribution is 0.187. The number of piperazine rings is 1. The van der Waals surface area contributed by atoms with E-state index in [2.05, 4.69) is 33.9 Å². The number of likely N-dealkylation sites (tertiary alicyclic amines) is 1. The third-order valence-corrected chi connectivity index (χ3v) is 9.33. The van der Waals surface area contributed by atoms with Gasteiger partial charge in [0, 0.05) is 55.2 Å². The molecule has 0 saturated carbocycles. The minimum atomic E-state index is -0.940. The highest BCUT2D eigenvalue weighted by Crippen LogP contribution is 2.41. The predicted octanol–water partition coefficient (Wildman–Crippen LogP) is 5.09. The predicted molar refractivity (Wildman–Crippen MR) is 159 cm³/mol. The maximum Gasteiger partial charge on any atom is 0.318 e. The van der Waals surface area contributed by atoms with Crippen LogP contribution in [-0.2, 0) is 19.4 Å². The highest BCUT2D eigenvalue weighted by molar-refractivity contribution is 5.61. The summed E-state index contributed by atoms with van der Waals surface area (Å²) in [6, 6.07) is 8.98. The van der Waals surface area contributed by atoms with Crippen LogP contribution in [0, 0.1) is 11.3 Å². The molecule has 0 radical (unpaired) electrons. The van der Waals surface area contributed by atoms with Gasteiger partial charge in [0.1, 0.15) is 24.4 Å². The summed E-state index contributed by atoms with van der Waals surface area (Å²) in [5, 5.41) is 9.51. The van der Waals surface area contributed by atoms with Crippen LogP contribution in [0.3, 0.4) is 0 Å². The van der Waals surface area contributed by atoms with Gasteiger partial charge in [-0.15, -0.1) is 0 Å². The van der Waals surface area contributed by atoms with Crippen molar-refractivity contribution >= 4 is 11.5 Å². The minimum Gasteiger partial charge on any atom is -0.462 e. The van der Waals surface area contributed by atoms with Crippen LogP contribution in [0.4, 0.5) is 20.3 Å². The number of ether oxygens (including phenoxy) is 1. The number of nitriles is 1. The zero-order valence-corrected chi connectivity index (χ0v) is 24.7. The molecule has 1 aliphatic carbocycles. The fraction of sp³-hybridized carbons (Fsp3) is 0.594. The molecule has 2 fully saturated rings. The number of nitrogens with zero attached hydrogens (tertiary/aromatic N) is 7. The molecule has 4 heterocycles. The van der Waals surface area contributed by atoms with E-state index in [1.165, 1.54) is 13.1 Å². The van der Waals surface area contributed by atoms with Crippen molar-refractivity contribution in [2.24, 2.45) is 0 Å². The second-order valence-electron chi connectivity index (χ2n) is 12.1. The van der Waals surface area contributed by atoms with E-state index in [0.29, 0.717) is 57.7 Å². The van der Waals surface area contributed by atoms with Crippen LogP contribution >= 0.6 is 0 Å². The lowest BCUT2D eigenvalue weighted by Crippen LogP contribution is -2.51. The number of allylic oxidation sites excluding steroid dienone is 1. The van der Waals surface area contributed by atoms with E-state index < -0.39 is 6.17 Å². The Bertz CT molecular complexity index is 1360. The average molecular weight is 578 g/mol. The van der Waals surface area contributed by atoms with Gasteiger partial charge in [0.05, 0.1) is 30.8 Å². The number of fused-ring (bicyclic) bond motifs is 2. The molecule has 0 amide bonds. The van der Waals surface area contributed by atoms with Crippen LogP contribution in [0.15, 0.2) is 30.2 Å². The van der Waals surface area contributed by atoms with Gasteiger partial charge in [-0.05, 0) is 70.7 Å². The summed E-state index contributed by atoms with van der Waals surface area (Å²) in [4.78, 5) is 18.6. The number of hydrogen-bond acceptors (Lipinski definition) is 8. The molecular formula is C32H41F2N7O. The maximum absolute atomic E-state index is 15.2. The topological polar surface area (TPSA) is 71.8 Å². The van der Waals surface area contributed by atoms with Crippen molar-refractivity contribution in [1.29, 1.82) is 5.26 Å². The number of aromatic nitrogens is 2. The maximum atomic E-state index is 15.2. The number of hydrogen-bond donors (Lipinski definition) is 0. The van der Waals surface area contributed by atoms with E-state index in [0.717, 1.165) is 79.1 Å². The fourth-order valence-corrected chi connectivity index (χ4v) is 7.10. The van der Waals surface area contributed by atoms with E-state index in [4.69, 9.17) is 14.7 Å². The molecule has 8 nitrogen and oxygen atoms in total. The molecule has 42 heavy (non-hydrogen) atoms. The SMILES string of the molecule is CC(F)=CN1CCN(c2nc(OC[C@@H]3CCCN3C)nc3c2CCN(c2cccc4c2C(F)CCC4)C3)CC1CC#N. The van der Waals surface area contributed by atoms with Gasteiger partial charge in [-0.25, -0.2) is 8.78 Å². The van der Waals surface area contributed by atoms with Crippen LogP contribution < -0.4 is 14.5 Å². The molecule has 1 aromatic heterocycles. The zero-order chi connectivity index (χ0) is 29.2. The van der Waals surface area contributed by atoms with Crippen molar-refractivity contribution in [3.8, 4) is 12.1 Å². The van der Waals surface area contributed by atoms with Crippen molar-refractivity contribution < 1.29 is 13.5 Å². The smallest absolute Gasteiger partial charge is 0.318 e. The molecule has 224 valence electrons. The number of benzene rings is 1. The van der Waals surface area contributed by atoms with E-state index in [1.54, 1.807) is 0 Å². The molecule has 2 unspecified atom stereocenters. The number of halogens is 2. The molecule has 6 rings (SSSR count). The Morgan fingerprint density at radius 2 is 1.98 bits per heavy atom. The molecule has 3 aliphatic heterocycles. The molecular weight excluding hydrogens is 536 g/mol. The average Bonchev–Trinajstić information content (AvgIpc) is 3.40. The summed E-state index contributed by atoms with van der Waals surface area (Å²) in [5.41, 5.74) is 4.91. The quantitative estimate of drug-likeness (QED) is 0.451. The number of alkyl halides is 1. The molecule has 4 aliphatic rings. The van der Waals surface area contributed by atoms with E-state index >= 15 is 4.39 Å². The van der Waals surface area contributed by atoms with E-state index in [9.17, 15) is 9.65 Å². The van der Waals surface area contributed by atoms with Gasteiger partial charge in [-0.2, -0.15) is 15.2 Å². The van der Waals surface area contributed by atoms with Gasteiger partial charge in [0.2, 0.25) is 0 Å². The molecule has 2 saturated heterocycles. The Morgan fingerprint density at radius 1 is 1.10 bits per heavy atom. The van der Waals surface area contributed by atoms with Crippen molar-refractivity contribution in [2.45, 2.75) is 76.7 Å². The summed E-state index contributed by atoms with van der Waals surface area (Å²) < 4.78 is 35.3. The van der Waals surface area contributed by atoms with Gasteiger partial charge in [-0.1, -0.05) is 12.1 Å². The lowest BCUT2D eigenvalue weighted by Gasteiger charge is -2.42. The first-order chi connectivity index (χ1) is 20.4. The van der Waals surface area contributed by atoms with Gasteiger partial charge in [-0.3, -0.25) is 0 Å². The monoisotopic (exact) mass is 577 g/mol. The Morgan fingerprint density at radius 3 is 2.76 bits per heavy atom. The first-order valence-corrected chi connectivity index (χ1v) is 15.4. The number of likely N-dealkylation sites (N-methyl/N-ethyl adjacent to an activating group) is 1. The molecule has 1 aromatic carbocycles. The molecule has 0 N–H and O–H groups in total. The van der Waals surface area contributed by atoms with E-state index in [-0.39, 0.29) is 11.9 Å². The highest BCUT2D eigenvalue weighted by atomic mass is 19.1. The van der Waals surface area contributed by atoms with Gasteiger partial charge < -0.3 is 24.3 Å². The summed E-state index contributed by atoms with van der Waals surface area (Å²) >= 11 is 0. The first-order valence-electron chi connectivity index (χ1n) is 15.4. The van der Waals surface area contributed by atoms with Gasteiger partial charge in [0.25, 0.3) is 0 Å². The Balaban J connectivity index is 1.32. The molecule has 0 spiro atoms. The Kier molecular flexibility index (Phi) is 8.48. The van der Waals surface area contributed by atoms with Gasteiger partial charge in [0.15, 0.2) is 0 Å². The standard InChI is InChI=1S/C32H41F2N7O/c1-22(33)18-39-16-17-41(19-24(39)11-13-35)31-26-12-15-40(29-10-4-7-23-6-3-9-27(34)30(23)29)20-28(26)36-32(37-31)42-21-25-8-5-14-38(25)2/h4,7,10,18,24-25,27H,3,5-6,8-9,11-12,14-17,19-21H2,1-2H3/t24?,25-,27?/m0/s1. The molecule has 3 atom stereocenters. The first kappa shape index (κ1) is 28.7. The molecule has 10 heteroatoms. The second kappa shape index (κ2) is 12.4. The van der Waals surface area contributed by atoms with E-state index in [1.807, 2.05) is 17.0 Å². The van der Waals surface area contributed by atoms with Crippen molar-refractivity contribution in [3.05, 3.63) is 52.6 Å². The Labute approximate surface area is 247 Å². The van der Waals surface area contributed by atoms with Crippen LogP contribution in [0.5, 0.6) is 6.01 Å². The third kappa shape index (κ3) is 5.89. The zero-order valence-electron chi connectivity index (χ0n) is 24.7. The van der Waals surface area contributed by atoms with Crippen LogP contribution in [0.25, 0.3) is 0 Å². The van der Waals surface area contributed by atoms with Crippen LogP contribution in [-0.4, -0.2) is 78.2 Å². The summed E-state index contributed by atoms with van der Waals surface area (Å²) in [6.45, 7) is 6.13. The molecule has 0 bridgehead atoms. The minimum absolute atomic E-state index is 0.144. The summed E-state index contributed by atoms with van der Waals surface area (Å²) in [6.07, 6.45) is 6.21. The van der Waals surface area contributed by atoms with Crippen molar-refractivity contribution in [1.82, 2.24) is 19.8 Å². The lowest BCUT2D eigenvalue weighted by atomic mass is 9.88. The van der Waals surface area contributed by atoms with Crippen LogP contribution in [0.1, 0.15) is 67.6 Å². The fourth-order valence-electron chi connectivity index (χ4n) is 7.10. The van der Waals surface area contributed by atoms with Crippen molar-refractivity contribution in [3.63, 3.8) is 0 Å². The second-order valence-corrected chi connectivity index (χ2v) is 12.1. The van der Waals surface area contributed by atoms with Gasteiger partial charge >= 0.3 is 6.01 Å². The number of rotatable bonds is 7. The molecule has 2 aromatic rings. The highest BCUT2D eigenvalue weighted by Gasteiger charge is 2.33.